The molecule has 0 saturated carbocycles. The lowest BCUT2D eigenvalue weighted by Gasteiger charge is -2.26. The third-order valence-corrected chi connectivity index (χ3v) is 5.57. The van der Waals surface area contributed by atoms with Crippen molar-refractivity contribution in [3.63, 3.8) is 0 Å². The number of morpholine rings is 1. The topological polar surface area (TPSA) is 82.1 Å². The molecule has 2 aromatic heterocycles. The van der Waals surface area contributed by atoms with Crippen molar-refractivity contribution < 1.29 is 9.26 Å². The van der Waals surface area contributed by atoms with Crippen molar-refractivity contribution in [3.05, 3.63) is 59.5 Å². The van der Waals surface area contributed by atoms with Gasteiger partial charge in [-0.25, -0.2) is 4.68 Å². The number of fused-ring (bicyclic) bond motifs is 1. The smallest absolute Gasteiger partial charge is 0.231 e. The normalized spacial score (nSPS) is 15.1. The Hall–Kier alpha value is -3.10. The van der Waals surface area contributed by atoms with Gasteiger partial charge >= 0.3 is 0 Å². The first-order chi connectivity index (χ1) is 14.8. The molecular weight excluding hydrogens is 380 g/mol. The summed E-state index contributed by atoms with van der Waals surface area (Å²) in [5.41, 5.74) is 5.12. The van der Waals surface area contributed by atoms with Crippen molar-refractivity contribution in [3.8, 4) is 11.4 Å². The molecule has 1 saturated heterocycles. The molecular formula is C22H24N6O2. The number of hydrogen-bond donors (Lipinski definition) is 0. The van der Waals surface area contributed by atoms with Gasteiger partial charge in [-0.1, -0.05) is 34.6 Å². The van der Waals surface area contributed by atoms with E-state index in [1.54, 1.807) is 0 Å². The molecule has 1 aliphatic rings. The monoisotopic (exact) mass is 404 g/mol. The van der Waals surface area contributed by atoms with Crippen LogP contribution in [0.2, 0.25) is 0 Å². The number of hydrogen-bond acceptors (Lipinski definition) is 7. The molecule has 5 rings (SSSR count). The number of rotatable bonds is 6. The zero-order chi connectivity index (χ0) is 20.3. The second-order valence-electron chi connectivity index (χ2n) is 7.59. The van der Waals surface area contributed by atoms with E-state index >= 15 is 0 Å². The minimum atomic E-state index is 0.573. The lowest BCUT2D eigenvalue weighted by molar-refractivity contribution is 0.0360. The fourth-order valence-electron chi connectivity index (χ4n) is 3.75. The van der Waals surface area contributed by atoms with Crippen molar-refractivity contribution in [2.24, 2.45) is 0 Å². The fraction of sp³-hybridized carbons (Fsp3) is 0.364. The van der Waals surface area contributed by atoms with Gasteiger partial charge in [0.1, 0.15) is 5.52 Å². The van der Waals surface area contributed by atoms with Crippen LogP contribution in [0.15, 0.2) is 47.0 Å². The summed E-state index contributed by atoms with van der Waals surface area (Å²) in [6.07, 6.45) is 0.625. The first-order valence-electron chi connectivity index (χ1n) is 10.3. The summed E-state index contributed by atoms with van der Waals surface area (Å²) in [5, 5.41) is 12.8. The van der Waals surface area contributed by atoms with Crippen molar-refractivity contribution in [1.82, 2.24) is 30.0 Å². The van der Waals surface area contributed by atoms with Crippen molar-refractivity contribution >= 4 is 11.0 Å². The minimum absolute atomic E-state index is 0.573. The van der Waals surface area contributed by atoms with Crippen LogP contribution in [0, 0.1) is 6.92 Å². The lowest BCUT2D eigenvalue weighted by Crippen LogP contribution is -2.38. The van der Waals surface area contributed by atoms with Crippen LogP contribution in [0.1, 0.15) is 17.0 Å². The maximum Gasteiger partial charge on any atom is 0.231 e. The van der Waals surface area contributed by atoms with E-state index in [0.29, 0.717) is 18.1 Å². The van der Waals surface area contributed by atoms with Gasteiger partial charge in [0, 0.05) is 25.2 Å². The molecule has 2 aromatic carbocycles. The van der Waals surface area contributed by atoms with E-state index in [1.807, 2.05) is 35.0 Å². The van der Waals surface area contributed by atoms with Gasteiger partial charge in [0.2, 0.25) is 11.7 Å². The second kappa shape index (κ2) is 8.33. The van der Waals surface area contributed by atoms with E-state index in [0.717, 1.165) is 56.0 Å². The predicted octanol–water partition coefficient (Wildman–Crippen LogP) is 2.71. The molecule has 8 nitrogen and oxygen atoms in total. The summed E-state index contributed by atoms with van der Waals surface area (Å²) in [7, 11) is 0. The zero-order valence-corrected chi connectivity index (χ0v) is 17.0. The molecule has 0 atom stereocenters. The maximum absolute atomic E-state index is 5.48. The third kappa shape index (κ3) is 3.96. The number of benzene rings is 2. The van der Waals surface area contributed by atoms with Gasteiger partial charge in [-0.2, -0.15) is 4.98 Å². The Kier molecular flexibility index (Phi) is 5.25. The van der Waals surface area contributed by atoms with Crippen LogP contribution in [0.3, 0.4) is 0 Å². The molecule has 0 amide bonds. The summed E-state index contributed by atoms with van der Waals surface area (Å²) >= 11 is 0. The van der Waals surface area contributed by atoms with Gasteiger partial charge in [-0.15, -0.1) is 5.10 Å². The fourth-order valence-corrected chi connectivity index (χ4v) is 3.75. The maximum atomic E-state index is 5.48. The van der Waals surface area contributed by atoms with Crippen LogP contribution in [-0.2, 0) is 17.7 Å². The number of aromatic nitrogens is 5. The van der Waals surface area contributed by atoms with E-state index in [2.05, 4.69) is 44.4 Å². The van der Waals surface area contributed by atoms with Gasteiger partial charge in [-0.3, -0.25) is 4.90 Å². The molecule has 0 unspecified atom stereocenters. The van der Waals surface area contributed by atoms with Gasteiger partial charge in [0.15, 0.2) is 0 Å². The minimum Gasteiger partial charge on any atom is -0.379 e. The van der Waals surface area contributed by atoms with E-state index in [9.17, 15) is 0 Å². The third-order valence-electron chi connectivity index (χ3n) is 5.57. The van der Waals surface area contributed by atoms with Crippen LogP contribution < -0.4 is 0 Å². The Labute approximate surface area is 174 Å². The van der Waals surface area contributed by atoms with Crippen molar-refractivity contribution in [2.45, 2.75) is 19.9 Å². The first-order valence-corrected chi connectivity index (χ1v) is 10.3. The molecule has 0 N–H and O–H groups in total. The Morgan fingerprint density at radius 1 is 1.03 bits per heavy atom. The molecule has 0 spiro atoms. The van der Waals surface area contributed by atoms with E-state index in [1.165, 1.54) is 11.1 Å². The highest BCUT2D eigenvalue weighted by Crippen LogP contribution is 2.22. The molecule has 30 heavy (non-hydrogen) atoms. The summed E-state index contributed by atoms with van der Waals surface area (Å²) < 4.78 is 12.8. The van der Waals surface area contributed by atoms with Crippen LogP contribution in [-0.4, -0.2) is 62.9 Å². The highest BCUT2D eigenvalue weighted by molar-refractivity contribution is 5.79. The highest BCUT2D eigenvalue weighted by Gasteiger charge is 2.14. The SMILES string of the molecule is Cc1ccccc1Cc1nc(-c2ccc3c(c2)nnn3CCN2CCOCC2)no1. The number of nitrogens with zero attached hydrogens (tertiary/aromatic N) is 6. The lowest BCUT2D eigenvalue weighted by atomic mass is 10.1. The Morgan fingerprint density at radius 2 is 1.90 bits per heavy atom. The van der Waals surface area contributed by atoms with Crippen molar-refractivity contribution in [1.29, 1.82) is 0 Å². The highest BCUT2D eigenvalue weighted by atomic mass is 16.5. The molecule has 0 radical (unpaired) electrons. The summed E-state index contributed by atoms with van der Waals surface area (Å²) in [6.45, 7) is 7.38. The molecule has 0 aliphatic carbocycles. The van der Waals surface area contributed by atoms with Gasteiger partial charge < -0.3 is 9.26 Å². The van der Waals surface area contributed by atoms with Crippen LogP contribution >= 0.6 is 0 Å². The zero-order valence-electron chi connectivity index (χ0n) is 17.0. The van der Waals surface area contributed by atoms with Crippen LogP contribution in [0.5, 0.6) is 0 Å². The molecule has 3 heterocycles. The molecule has 4 aromatic rings. The Morgan fingerprint density at radius 3 is 2.77 bits per heavy atom. The molecule has 8 heteroatoms. The Bertz CT molecular complexity index is 1150. The predicted molar refractivity (Wildman–Crippen MR) is 112 cm³/mol. The molecule has 1 fully saturated rings. The van der Waals surface area contributed by atoms with Gasteiger partial charge in [-0.05, 0) is 36.2 Å². The summed E-state index contributed by atoms with van der Waals surface area (Å²) in [6, 6.07) is 14.2. The van der Waals surface area contributed by atoms with Gasteiger partial charge in [0.25, 0.3) is 0 Å². The molecule has 1 aliphatic heterocycles. The van der Waals surface area contributed by atoms with Crippen LogP contribution in [0.4, 0.5) is 0 Å². The first kappa shape index (κ1) is 18.9. The Balaban J connectivity index is 1.31. The quantitative estimate of drug-likeness (QED) is 0.489. The number of aryl methyl sites for hydroxylation is 1. The van der Waals surface area contributed by atoms with E-state index < -0.39 is 0 Å². The van der Waals surface area contributed by atoms with E-state index in [-0.39, 0.29) is 0 Å². The summed E-state index contributed by atoms with van der Waals surface area (Å²) in [4.78, 5) is 6.97. The summed E-state index contributed by atoms with van der Waals surface area (Å²) in [5.74, 6) is 1.18. The standard InChI is InChI=1S/C22H24N6O2/c1-16-4-2-3-5-17(16)15-21-23-22(25-30-21)18-6-7-20-19(14-18)24-26-28(20)9-8-27-10-12-29-13-11-27/h2-7,14H,8-13,15H2,1H3. The second-order valence-corrected chi connectivity index (χ2v) is 7.59. The van der Waals surface area contributed by atoms with Crippen LogP contribution in [0.25, 0.3) is 22.4 Å². The average Bonchev–Trinajstić information content (AvgIpc) is 3.41. The van der Waals surface area contributed by atoms with E-state index in [4.69, 9.17) is 9.26 Å². The molecule has 154 valence electrons. The van der Waals surface area contributed by atoms with Crippen molar-refractivity contribution in [2.75, 3.05) is 32.8 Å². The number of ether oxygens (including phenoxy) is 1. The average molecular weight is 404 g/mol. The molecule has 0 bridgehead atoms. The largest absolute Gasteiger partial charge is 0.379 e. The van der Waals surface area contributed by atoms with Gasteiger partial charge in [0.05, 0.1) is 31.7 Å².